The minimum Gasteiger partial charge on any atom is -0.365 e. The molecule has 1 atom stereocenters. The van der Waals surface area contributed by atoms with Gasteiger partial charge in [-0.05, 0) is 42.5 Å². The van der Waals surface area contributed by atoms with E-state index in [2.05, 4.69) is 26.3 Å². The number of benzene rings is 3. The minimum atomic E-state index is -1.45. The van der Waals surface area contributed by atoms with Crippen LogP contribution < -0.4 is 5.43 Å². The average Bonchev–Trinajstić information content (AvgIpc) is 3.07. The van der Waals surface area contributed by atoms with Gasteiger partial charge in [0, 0.05) is 20.6 Å². The lowest BCUT2D eigenvalue weighted by Crippen LogP contribution is -2.54. The van der Waals surface area contributed by atoms with Crippen LogP contribution in [0.4, 0.5) is 5.69 Å². The van der Waals surface area contributed by atoms with Crippen LogP contribution in [0.25, 0.3) is 0 Å². The molecule has 0 aromatic heterocycles. The number of aliphatic hydroxyl groups is 1. The van der Waals surface area contributed by atoms with Crippen molar-refractivity contribution in [3.63, 3.8) is 0 Å². The number of nitrogens with zero attached hydrogens (tertiary/aromatic N) is 2. The molecule has 3 aromatic carbocycles. The normalized spacial score (nSPS) is 19.8. The van der Waals surface area contributed by atoms with Crippen molar-refractivity contribution in [2.75, 3.05) is 5.75 Å². The maximum atomic E-state index is 12.9. The average molecular weight is 503 g/mol. The quantitative estimate of drug-likeness (QED) is 0.506. The van der Waals surface area contributed by atoms with E-state index in [1.165, 1.54) is 16.8 Å². The number of hydrogen-bond acceptors (Lipinski definition) is 4. The number of hydrogen-bond donors (Lipinski definition) is 2. The van der Waals surface area contributed by atoms with Crippen molar-refractivity contribution in [1.29, 1.82) is 0 Å². The fourth-order valence-corrected chi connectivity index (χ4v) is 4.59. The van der Waals surface area contributed by atoms with Crippen molar-refractivity contribution in [3.8, 4) is 0 Å². The molecule has 3 aromatic rings. The number of amidine groups is 1. The van der Waals surface area contributed by atoms with E-state index in [-0.39, 0.29) is 0 Å². The van der Waals surface area contributed by atoms with Crippen LogP contribution in [0.15, 0.2) is 88.3 Å². The van der Waals surface area contributed by atoms with Crippen LogP contribution in [0.1, 0.15) is 15.9 Å². The predicted octanol–water partition coefficient (Wildman–Crippen LogP) is 5.33. The Labute approximate surface area is 191 Å². The van der Waals surface area contributed by atoms with E-state index in [1.807, 2.05) is 54.6 Å². The zero-order valence-corrected chi connectivity index (χ0v) is 18.8. The maximum Gasteiger partial charge on any atom is 0.270 e. The molecule has 1 fully saturated rings. The highest BCUT2D eigenvalue weighted by atomic mass is 79.9. The zero-order valence-electron chi connectivity index (χ0n) is 15.6. The number of halogens is 2. The van der Waals surface area contributed by atoms with Crippen LogP contribution in [0.2, 0.25) is 5.02 Å². The Kier molecular flexibility index (Phi) is 6.15. The summed E-state index contributed by atoms with van der Waals surface area (Å²) in [7, 11) is 0. The molecule has 0 saturated carbocycles. The van der Waals surface area contributed by atoms with Gasteiger partial charge in [0.2, 0.25) is 0 Å². The second-order valence-electron chi connectivity index (χ2n) is 6.63. The van der Waals surface area contributed by atoms with Crippen molar-refractivity contribution in [1.82, 2.24) is 10.4 Å². The van der Waals surface area contributed by atoms with Crippen molar-refractivity contribution < 1.29 is 9.90 Å². The van der Waals surface area contributed by atoms with Gasteiger partial charge in [0.25, 0.3) is 5.91 Å². The summed E-state index contributed by atoms with van der Waals surface area (Å²) < 4.78 is 0.942. The van der Waals surface area contributed by atoms with Gasteiger partial charge in [0.1, 0.15) is 0 Å². The summed E-state index contributed by atoms with van der Waals surface area (Å²) in [6.45, 7) is 0. The molecule has 1 heterocycles. The summed E-state index contributed by atoms with van der Waals surface area (Å²) in [5, 5.41) is 13.9. The van der Waals surface area contributed by atoms with E-state index in [0.29, 0.717) is 32.8 Å². The van der Waals surface area contributed by atoms with Crippen molar-refractivity contribution >= 4 is 56.1 Å². The van der Waals surface area contributed by atoms with Crippen LogP contribution in [0, 0.1) is 0 Å². The van der Waals surface area contributed by atoms with Crippen LogP contribution in [-0.4, -0.2) is 26.9 Å². The maximum absolute atomic E-state index is 12.9. The number of thioether (sulfide) groups is 1. The number of aliphatic imine (C=N–C) groups is 1. The Bertz CT molecular complexity index is 1100. The summed E-state index contributed by atoms with van der Waals surface area (Å²) in [6, 6.07) is 23.3. The third-order valence-electron chi connectivity index (χ3n) is 4.55. The van der Waals surface area contributed by atoms with Crippen LogP contribution >= 0.6 is 39.3 Å². The smallest absolute Gasteiger partial charge is 0.270 e. The van der Waals surface area contributed by atoms with E-state index in [4.69, 9.17) is 11.6 Å². The number of hydrazine groups is 1. The highest BCUT2D eigenvalue weighted by Crippen LogP contribution is 2.38. The molecule has 0 aliphatic carbocycles. The Morgan fingerprint density at radius 1 is 1.10 bits per heavy atom. The first kappa shape index (κ1) is 20.9. The van der Waals surface area contributed by atoms with Gasteiger partial charge in [-0.2, -0.15) is 0 Å². The fraction of sp³-hybridized carbons (Fsp3) is 0.0909. The monoisotopic (exact) mass is 501 g/mol. The van der Waals surface area contributed by atoms with Gasteiger partial charge in [0.15, 0.2) is 10.9 Å². The van der Waals surface area contributed by atoms with Crippen molar-refractivity contribution in [2.24, 2.45) is 4.99 Å². The van der Waals surface area contributed by atoms with Gasteiger partial charge in [-0.25, -0.2) is 10.0 Å². The lowest BCUT2D eigenvalue weighted by atomic mass is 10.0. The van der Waals surface area contributed by atoms with Crippen molar-refractivity contribution in [3.05, 3.63) is 99.5 Å². The molecular formula is C22H17BrClN3O2S. The van der Waals surface area contributed by atoms with Gasteiger partial charge in [-0.3, -0.25) is 10.2 Å². The van der Waals surface area contributed by atoms with Crippen LogP contribution in [-0.2, 0) is 5.72 Å². The summed E-state index contributed by atoms with van der Waals surface area (Å²) >= 11 is 10.8. The van der Waals surface area contributed by atoms with Gasteiger partial charge < -0.3 is 5.11 Å². The number of rotatable bonds is 4. The van der Waals surface area contributed by atoms with E-state index in [0.717, 1.165) is 4.47 Å². The largest absolute Gasteiger partial charge is 0.365 e. The molecule has 5 nitrogen and oxygen atoms in total. The van der Waals surface area contributed by atoms with E-state index in [9.17, 15) is 9.90 Å². The minimum absolute atomic E-state index is 0.308. The van der Waals surface area contributed by atoms with Gasteiger partial charge in [0.05, 0.1) is 11.4 Å². The molecule has 152 valence electrons. The number of amides is 1. The molecule has 2 N–H and O–H groups in total. The van der Waals surface area contributed by atoms with E-state index < -0.39 is 11.6 Å². The van der Waals surface area contributed by atoms with Gasteiger partial charge in [-0.15, -0.1) is 0 Å². The molecule has 30 heavy (non-hydrogen) atoms. The van der Waals surface area contributed by atoms with E-state index in [1.54, 1.807) is 24.3 Å². The Hall–Kier alpha value is -2.32. The molecule has 4 rings (SSSR count). The first-order valence-electron chi connectivity index (χ1n) is 9.07. The molecule has 0 spiro atoms. The zero-order chi connectivity index (χ0) is 21.1. The topological polar surface area (TPSA) is 64.9 Å². The van der Waals surface area contributed by atoms with Gasteiger partial charge >= 0.3 is 0 Å². The highest BCUT2D eigenvalue weighted by molar-refractivity contribution is 9.10. The second kappa shape index (κ2) is 8.81. The number of carbonyl (C=O) groups is 1. The molecule has 1 saturated heterocycles. The Morgan fingerprint density at radius 3 is 2.53 bits per heavy atom. The fourth-order valence-electron chi connectivity index (χ4n) is 3.01. The third kappa shape index (κ3) is 4.39. The molecule has 0 radical (unpaired) electrons. The first-order chi connectivity index (χ1) is 14.5. The lowest BCUT2D eigenvalue weighted by molar-refractivity contribution is -0.0676. The molecule has 1 aliphatic rings. The Morgan fingerprint density at radius 2 is 1.83 bits per heavy atom. The van der Waals surface area contributed by atoms with Gasteiger partial charge in [-0.1, -0.05) is 75.7 Å². The summed E-state index contributed by atoms with van der Waals surface area (Å²) in [5.41, 5.74) is 3.12. The summed E-state index contributed by atoms with van der Waals surface area (Å²) in [6.07, 6.45) is 0. The molecule has 1 amide bonds. The van der Waals surface area contributed by atoms with E-state index >= 15 is 0 Å². The molecule has 8 heteroatoms. The second-order valence-corrected chi connectivity index (χ2v) is 8.92. The molecule has 0 unspecified atom stereocenters. The summed E-state index contributed by atoms with van der Waals surface area (Å²) in [5.74, 6) is -0.0831. The standard InChI is InChI=1S/C22H17BrClN3O2S/c23-17-9-11-19(12-10-17)25-21-27(26-20(28)15-5-4-8-18(24)13-15)22(29,14-30-21)16-6-2-1-3-7-16/h1-13,29H,14H2,(H,26,28)/t22-/m0/s1. The number of nitrogens with one attached hydrogen (secondary N) is 1. The van der Waals surface area contributed by atoms with Crippen LogP contribution in [0.3, 0.4) is 0 Å². The Balaban J connectivity index is 1.71. The molecule has 0 bridgehead atoms. The van der Waals surface area contributed by atoms with Crippen LogP contribution in [0.5, 0.6) is 0 Å². The highest BCUT2D eigenvalue weighted by Gasteiger charge is 2.46. The molecular weight excluding hydrogens is 486 g/mol. The lowest BCUT2D eigenvalue weighted by Gasteiger charge is -2.34. The first-order valence-corrected chi connectivity index (χ1v) is 11.2. The molecule has 1 aliphatic heterocycles. The number of carbonyl (C=O) groups excluding carboxylic acids is 1. The third-order valence-corrected chi connectivity index (χ3v) is 6.39. The predicted molar refractivity (Wildman–Crippen MR) is 125 cm³/mol. The van der Waals surface area contributed by atoms with Crippen molar-refractivity contribution in [2.45, 2.75) is 5.72 Å². The summed E-state index contributed by atoms with van der Waals surface area (Å²) in [4.78, 5) is 17.6. The SMILES string of the molecule is O=C(NN1C(=Nc2ccc(Br)cc2)SC[C@]1(O)c1ccccc1)c1cccc(Cl)c1.